The largest absolute Gasteiger partial charge is 0.366 e. The first-order valence-corrected chi connectivity index (χ1v) is 7.79. The first kappa shape index (κ1) is 16.4. The predicted octanol–water partition coefficient (Wildman–Crippen LogP) is 2.00. The van der Waals surface area contributed by atoms with Crippen molar-refractivity contribution in [3.8, 4) is 0 Å². The summed E-state index contributed by atoms with van der Waals surface area (Å²) >= 11 is 0. The SMILES string of the molecule is CN1CC(C(=O)Nc2cccc(C(N)=O)c2)=CN=C1c1ccccc1. The summed E-state index contributed by atoms with van der Waals surface area (Å²) in [7, 11) is 1.89. The van der Waals surface area contributed by atoms with E-state index in [1.165, 1.54) is 0 Å². The van der Waals surface area contributed by atoms with Gasteiger partial charge < -0.3 is 16.0 Å². The van der Waals surface area contributed by atoms with E-state index < -0.39 is 5.91 Å². The van der Waals surface area contributed by atoms with Gasteiger partial charge in [0.25, 0.3) is 5.91 Å². The minimum atomic E-state index is -0.537. The Morgan fingerprint density at radius 1 is 1.12 bits per heavy atom. The van der Waals surface area contributed by atoms with Gasteiger partial charge >= 0.3 is 0 Å². The van der Waals surface area contributed by atoms with Crippen molar-refractivity contribution in [1.82, 2.24) is 4.90 Å². The van der Waals surface area contributed by atoms with Gasteiger partial charge in [0.2, 0.25) is 5.91 Å². The predicted molar refractivity (Wildman–Crippen MR) is 97.3 cm³/mol. The second kappa shape index (κ2) is 7.00. The molecule has 0 atom stereocenters. The van der Waals surface area contributed by atoms with E-state index >= 15 is 0 Å². The highest BCUT2D eigenvalue weighted by Gasteiger charge is 2.19. The third-order valence-electron chi connectivity index (χ3n) is 3.84. The molecule has 0 unspecified atom stereocenters. The van der Waals surface area contributed by atoms with Gasteiger partial charge in [-0.15, -0.1) is 0 Å². The number of aliphatic imine (C=N–C) groups is 1. The first-order chi connectivity index (χ1) is 12.0. The molecule has 6 nitrogen and oxygen atoms in total. The van der Waals surface area contributed by atoms with E-state index in [-0.39, 0.29) is 5.91 Å². The van der Waals surface area contributed by atoms with Crippen LogP contribution in [-0.2, 0) is 4.79 Å². The number of amidine groups is 1. The standard InChI is InChI=1S/C19H18N4O2/c1-23-12-15(11-21-18(23)13-6-3-2-4-7-13)19(25)22-16-9-5-8-14(10-16)17(20)24/h2-11H,12H2,1H3,(H2,20,24)(H,22,25). The summed E-state index contributed by atoms with van der Waals surface area (Å²) in [5.74, 6) is 0.0158. The highest BCUT2D eigenvalue weighted by Crippen LogP contribution is 2.16. The Kier molecular flexibility index (Phi) is 4.61. The van der Waals surface area contributed by atoms with Crippen LogP contribution >= 0.6 is 0 Å². The van der Waals surface area contributed by atoms with Crippen LogP contribution < -0.4 is 11.1 Å². The van der Waals surface area contributed by atoms with Crippen molar-refractivity contribution >= 4 is 23.3 Å². The normalized spacial score (nSPS) is 13.7. The molecule has 3 rings (SSSR count). The fraction of sp³-hybridized carbons (Fsp3) is 0.105. The second-order valence-corrected chi connectivity index (χ2v) is 5.73. The molecule has 1 aliphatic rings. The molecule has 2 aromatic rings. The van der Waals surface area contributed by atoms with Crippen LogP contribution in [0.4, 0.5) is 5.69 Å². The molecule has 0 bridgehead atoms. The molecule has 25 heavy (non-hydrogen) atoms. The maximum atomic E-state index is 12.4. The molecular weight excluding hydrogens is 316 g/mol. The molecule has 6 heteroatoms. The van der Waals surface area contributed by atoms with E-state index in [0.717, 1.165) is 11.4 Å². The topological polar surface area (TPSA) is 87.8 Å². The van der Waals surface area contributed by atoms with Gasteiger partial charge in [0, 0.05) is 30.1 Å². The molecule has 1 heterocycles. The number of primary amides is 1. The average molecular weight is 334 g/mol. The van der Waals surface area contributed by atoms with Crippen molar-refractivity contribution in [2.24, 2.45) is 10.7 Å². The molecule has 0 saturated heterocycles. The number of anilines is 1. The van der Waals surface area contributed by atoms with Crippen molar-refractivity contribution in [2.45, 2.75) is 0 Å². The van der Waals surface area contributed by atoms with Crippen LogP contribution in [0.15, 0.2) is 71.4 Å². The molecule has 0 aromatic heterocycles. The summed E-state index contributed by atoms with van der Waals surface area (Å²) in [5.41, 5.74) is 7.65. The molecule has 0 spiro atoms. The van der Waals surface area contributed by atoms with Crippen LogP contribution in [0.5, 0.6) is 0 Å². The smallest absolute Gasteiger partial charge is 0.254 e. The zero-order chi connectivity index (χ0) is 17.8. The lowest BCUT2D eigenvalue weighted by atomic mass is 10.1. The third kappa shape index (κ3) is 3.74. The summed E-state index contributed by atoms with van der Waals surface area (Å²) < 4.78 is 0. The van der Waals surface area contributed by atoms with Gasteiger partial charge in [0.1, 0.15) is 5.84 Å². The number of carbonyl (C=O) groups is 2. The summed E-state index contributed by atoms with van der Waals surface area (Å²) in [4.78, 5) is 30.0. The minimum Gasteiger partial charge on any atom is -0.366 e. The number of rotatable bonds is 4. The number of amides is 2. The molecule has 0 aliphatic carbocycles. The lowest BCUT2D eigenvalue weighted by Crippen LogP contribution is -2.35. The summed E-state index contributed by atoms with van der Waals surface area (Å²) in [6.45, 7) is 0.440. The zero-order valence-electron chi connectivity index (χ0n) is 13.8. The Hall–Kier alpha value is -3.41. The van der Waals surface area contributed by atoms with Crippen LogP contribution in [0.2, 0.25) is 0 Å². The lowest BCUT2D eigenvalue weighted by molar-refractivity contribution is -0.113. The maximum Gasteiger partial charge on any atom is 0.254 e. The Balaban J connectivity index is 1.77. The quantitative estimate of drug-likeness (QED) is 0.896. The zero-order valence-corrected chi connectivity index (χ0v) is 13.8. The van der Waals surface area contributed by atoms with Gasteiger partial charge in [0.15, 0.2) is 0 Å². The van der Waals surface area contributed by atoms with E-state index in [9.17, 15) is 9.59 Å². The summed E-state index contributed by atoms with van der Waals surface area (Å²) in [5, 5.41) is 2.77. The van der Waals surface area contributed by atoms with Crippen molar-refractivity contribution in [3.63, 3.8) is 0 Å². The molecule has 3 N–H and O–H groups in total. The van der Waals surface area contributed by atoms with Crippen molar-refractivity contribution in [3.05, 3.63) is 77.5 Å². The molecular formula is C19H18N4O2. The third-order valence-corrected chi connectivity index (χ3v) is 3.84. The van der Waals surface area contributed by atoms with E-state index in [0.29, 0.717) is 23.4 Å². The number of likely N-dealkylation sites (N-methyl/N-ethyl adjacent to an activating group) is 1. The number of nitrogens with zero attached hydrogens (tertiary/aromatic N) is 2. The molecule has 126 valence electrons. The highest BCUT2D eigenvalue weighted by molar-refractivity contribution is 6.07. The van der Waals surface area contributed by atoms with Gasteiger partial charge in [-0.1, -0.05) is 36.4 Å². The molecule has 2 aromatic carbocycles. The maximum absolute atomic E-state index is 12.4. The Morgan fingerprint density at radius 2 is 1.88 bits per heavy atom. The molecule has 0 radical (unpaired) electrons. The van der Waals surface area contributed by atoms with Crippen LogP contribution in [0.1, 0.15) is 15.9 Å². The fourth-order valence-corrected chi connectivity index (χ4v) is 2.58. The summed E-state index contributed by atoms with van der Waals surface area (Å²) in [6, 6.07) is 16.3. The van der Waals surface area contributed by atoms with Gasteiger partial charge in [-0.05, 0) is 18.2 Å². The van der Waals surface area contributed by atoms with Crippen LogP contribution in [-0.4, -0.2) is 36.1 Å². The summed E-state index contributed by atoms with van der Waals surface area (Å²) in [6.07, 6.45) is 1.58. The fourth-order valence-electron chi connectivity index (χ4n) is 2.58. The number of nitrogens with two attached hydrogens (primary N) is 1. The van der Waals surface area contributed by atoms with Crippen LogP contribution in [0.25, 0.3) is 0 Å². The Bertz CT molecular complexity index is 872. The molecule has 2 amide bonds. The monoisotopic (exact) mass is 334 g/mol. The van der Waals surface area contributed by atoms with Crippen LogP contribution in [0.3, 0.4) is 0 Å². The van der Waals surface area contributed by atoms with Gasteiger partial charge in [-0.25, -0.2) is 4.99 Å². The Morgan fingerprint density at radius 3 is 2.56 bits per heavy atom. The van der Waals surface area contributed by atoms with E-state index in [2.05, 4.69) is 10.3 Å². The lowest BCUT2D eigenvalue weighted by Gasteiger charge is -2.25. The second-order valence-electron chi connectivity index (χ2n) is 5.73. The minimum absolute atomic E-state index is 0.260. The van der Waals surface area contributed by atoms with Crippen molar-refractivity contribution in [2.75, 3.05) is 18.9 Å². The number of hydrogen-bond acceptors (Lipinski definition) is 4. The van der Waals surface area contributed by atoms with Gasteiger partial charge in [-0.3, -0.25) is 9.59 Å². The Labute approximate surface area is 145 Å². The number of benzene rings is 2. The number of hydrogen-bond donors (Lipinski definition) is 2. The van der Waals surface area contributed by atoms with Crippen molar-refractivity contribution < 1.29 is 9.59 Å². The molecule has 0 fully saturated rings. The van der Waals surface area contributed by atoms with E-state index in [1.807, 2.05) is 42.3 Å². The van der Waals surface area contributed by atoms with Crippen molar-refractivity contribution in [1.29, 1.82) is 0 Å². The van der Waals surface area contributed by atoms with E-state index in [1.54, 1.807) is 30.5 Å². The molecule has 0 saturated carbocycles. The van der Waals surface area contributed by atoms with Gasteiger partial charge in [0.05, 0.1) is 12.1 Å². The van der Waals surface area contributed by atoms with Crippen LogP contribution in [0, 0.1) is 0 Å². The average Bonchev–Trinajstić information content (AvgIpc) is 2.62. The van der Waals surface area contributed by atoms with E-state index in [4.69, 9.17) is 5.73 Å². The first-order valence-electron chi connectivity index (χ1n) is 7.79. The highest BCUT2D eigenvalue weighted by atomic mass is 16.2. The van der Waals surface area contributed by atoms with Gasteiger partial charge in [-0.2, -0.15) is 0 Å². The molecule has 1 aliphatic heterocycles. The number of nitrogens with one attached hydrogen (secondary N) is 1. The number of carbonyl (C=O) groups excluding carboxylic acids is 2.